The second kappa shape index (κ2) is 8.25. The molecule has 0 saturated carbocycles. The number of rotatable bonds is 6. The number of hydrogen-bond acceptors (Lipinski definition) is 6. The molecule has 0 unspecified atom stereocenters. The number of primary amides is 1. The molecule has 0 saturated heterocycles. The van der Waals surface area contributed by atoms with Crippen LogP contribution in [0.25, 0.3) is 0 Å². The number of anilines is 1. The lowest BCUT2D eigenvalue weighted by molar-refractivity contribution is -0.113. The second-order valence-corrected chi connectivity index (χ2v) is 10.6. The van der Waals surface area contributed by atoms with E-state index in [-0.39, 0.29) is 4.90 Å². The first-order valence-electron chi connectivity index (χ1n) is 9.36. The molecule has 1 aromatic carbocycles. The largest absolute Gasteiger partial charge is 0.365 e. The Morgan fingerprint density at radius 3 is 2.48 bits per heavy atom. The molecule has 0 bridgehead atoms. The predicted octanol–water partition coefficient (Wildman–Crippen LogP) is 2.33. The molecule has 2 aromatic rings. The fourth-order valence-electron chi connectivity index (χ4n) is 3.38. The number of nitrogens with two attached hydrogens (primary N) is 1. The fourth-order valence-corrected chi connectivity index (χ4v) is 5.81. The number of nitrogens with zero attached hydrogens (tertiary/aromatic N) is 1. The van der Waals surface area contributed by atoms with Gasteiger partial charge in [-0.3, -0.25) is 14.5 Å². The van der Waals surface area contributed by atoms with Crippen LogP contribution in [-0.2, 0) is 27.6 Å². The standard InChI is InChI=1S/C20H25N3O4S2/c1-12(2)23-9-8-15-16(10-23)28-20(18(15)19(21)25)22-17(24)11-29(26,27)14-6-4-13(3)5-7-14/h4-7,12H,8-11H2,1-3H3,(H2,21,25)(H,22,24). The van der Waals surface area contributed by atoms with E-state index in [1.165, 1.54) is 23.5 Å². The number of carbonyl (C=O) groups excluding carboxylic acids is 2. The highest BCUT2D eigenvalue weighted by atomic mass is 32.2. The van der Waals surface area contributed by atoms with Gasteiger partial charge in [-0.2, -0.15) is 0 Å². The minimum absolute atomic E-state index is 0.0893. The van der Waals surface area contributed by atoms with Crippen molar-refractivity contribution in [3.8, 4) is 0 Å². The van der Waals surface area contributed by atoms with Crippen LogP contribution in [0.15, 0.2) is 29.2 Å². The van der Waals surface area contributed by atoms with Crippen LogP contribution in [0.4, 0.5) is 5.00 Å². The SMILES string of the molecule is Cc1ccc(S(=O)(=O)CC(=O)Nc2sc3c(c2C(N)=O)CCN(C(C)C)C3)cc1. The molecule has 29 heavy (non-hydrogen) atoms. The maximum Gasteiger partial charge on any atom is 0.251 e. The van der Waals surface area contributed by atoms with E-state index in [0.717, 1.165) is 22.5 Å². The zero-order chi connectivity index (χ0) is 21.3. The Balaban J connectivity index is 1.82. The Labute approximate surface area is 174 Å². The normalized spacial score (nSPS) is 14.6. The van der Waals surface area contributed by atoms with Gasteiger partial charge in [0, 0.05) is 24.0 Å². The highest BCUT2D eigenvalue weighted by molar-refractivity contribution is 7.92. The first-order chi connectivity index (χ1) is 13.6. The van der Waals surface area contributed by atoms with Crippen molar-refractivity contribution >= 4 is 38.0 Å². The third kappa shape index (κ3) is 4.68. The predicted molar refractivity (Wildman–Crippen MR) is 114 cm³/mol. The molecule has 1 aliphatic heterocycles. The fraction of sp³-hybridized carbons (Fsp3) is 0.400. The maximum atomic E-state index is 12.5. The maximum absolute atomic E-state index is 12.5. The number of aryl methyl sites for hydroxylation is 1. The van der Waals surface area contributed by atoms with Crippen LogP contribution in [0.3, 0.4) is 0 Å². The molecule has 0 aliphatic carbocycles. The van der Waals surface area contributed by atoms with Gasteiger partial charge in [0.25, 0.3) is 5.91 Å². The number of sulfone groups is 1. The Bertz CT molecular complexity index is 1040. The number of fused-ring (bicyclic) bond motifs is 1. The lowest BCUT2D eigenvalue weighted by atomic mass is 10.0. The minimum Gasteiger partial charge on any atom is -0.365 e. The quantitative estimate of drug-likeness (QED) is 0.724. The van der Waals surface area contributed by atoms with Crippen molar-refractivity contribution < 1.29 is 18.0 Å². The first kappa shape index (κ1) is 21.5. The Morgan fingerprint density at radius 2 is 1.90 bits per heavy atom. The van der Waals surface area contributed by atoms with Gasteiger partial charge < -0.3 is 11.1 Å². The molecule has 156 valence electrons. The molecule has 3 N–H and O–H groups in total. The van der Waals surface area contributed by atoms with Gasteiger partial charge in [-0.05, 0) is 44.9 Å². The van der Waals surface area contributed by atoms with Crippen LogP contribution < -0.4 is 11.1 Å². The van der Waals surface area contributed by atoms with E-state index in [9.17, 15) is 18.0 Å². The van der Waals surface area contributed by atoms with Crippen molar-refractivity contribution in [3.05, 3.63) is 45.8 Å². The minimum atomic E-state index is -3.78. The van der Waals surface area contributed by atoms with Crippen LogP contribution in [0.1, 0.15) is 40.2 Å². The van der Waals surface area contributed by atoms with Crippen LogP contribution in [0, 0.1) is 6.92 Å². The smallest absolute Gasteiger partial charge is 0.251 e. The highest BCUT2D eigenvalue weighted by Crippen LogP contribution is 2.37. The molecular formula is C20H25N3O4S2. The van der Waals surface area contributed by atoms with Crippen molar-refractivity contribution in [2.75, 3.05) is 17.6 Å². The zero-order valence-corrected chi connectivity index (χ0v) is 18.3. The van der Waals surface area contributed by atoms with Gasteiger partial charge in [-0.15, -0.1) is 11.3 Å². The lowest BCUT2D eigenvalue weighted by Crippen LogP contribution is -2.35. The Hall–Kier alpha value is -2.23. The summed E-state index contributed by atoms with van der Waals surface area (Å²) in [5.74, 6) is -2.00. The van der Waals surface area contributed by atoms with E-state index in [1.807, 2.05) is 6.92 Å². The van der Waals surface area contributed by atoms with Gasteiger partial charge in [0.15, 0.2) is 9.84 Å². The molecule has 9 heteroatoms. The monoisotopic (exact) mass is 435 g/mol. The topological polar surface area (TPSA) is 110 Å². The number of amides is 2. The van der Waals surface area contributed by atoms with Gasteiger partial charge in [0.1, 0.15) is 10.8 Å². The molecule has 1 aromatic heterocycles. The molecule has 7 nitrogen and oxygen atoms in total. The molecular weight excluding hydrogens is 410 g/mol. The number of hydrogen-bond donors (Lipinski definition) is 2. The summed E-state index contributed by atoms with van der Waals surface area (Å²) in [5.41, 5.74) is 7.66. The first-order valence-corrected chi connectivity index (χ1v) is 11.8. The highest BCUT2D eigenvalue weighted by Gasteiger charge is 2.29. The summed E-state index contributed by atoms with van der Waals surface area (Å²) in [6.07, 6.45) is 0.666. The molecule has 3 rings (SSSR count). The Morgan fingerprint density at radius 1 is 1.24 bits per heavy atom. The third-order valence-electron chi connectivity index (χ3n) is 5.02. The van der Waals surface area contributed by atoms with Gasteiger partial charge in [0.2, 0.25) is 5.91 Å². The summed E-state index contributed by atoms with van der Waals surface area (Å²) in [7, 11) is -3.78. The van der Waals surface area contributed by atoms with Crippen molar-refractivity contribution in [2.24, 2.45) is 5.73 Å². The van der Waals surface area contributed by atoms with Gasteiger partial charge in [0.05, 0.1) is 10.5 Å². The van der Waals surface area contributed by atoms with Crippen LogP contribution in [-0.4, -0.2) is 43.5 Å². The van der Waals surface area contributed by atoms with Gasteiger partial charge >= 0.3 is 0 Å². The average molecular weight is 436 g/mol. The third-order valence-corrected chi connectivity index (χ3v) is 7.78. The van der Waals surface area contributed by atoms with Crippen LogP contribution >= 0.6 is 11.3 Å². The van der Waals surface area contributed by atoms with E-state index in [4.69, 9.17) is 5.73 Å². The Kier molecular flexibility index (Phi) is 6.11. The number of carbonyl (C=O) groups is 2. The number of nitrogens with one attached hydrogen (secondary N) is 1. The molecule has 1 aliphatic rings. The average Bonchev–Trinajstić information content (AvgIpc) is 2.98. The molecule has 0 spiro atoms. The summed E-state index contributed by atoms with van der Waals surface area (Å²) in [4.78, 5) is 27.9. The summed E-state index contributed by atoms with van der Waals surface area (Å²) in [5, 5.41) is 2.94. The van der Waals surface area contributed by atoms with E-state index >= 15 is 0 Å². The summed E-state index contributed by atoms with van der Waals surface area (Å²) in [6.45, 7) is 7.54. The summed E-state index contributed by atoms with van der Waals surface area (Å²) < 4.78 is 25.0. The molecule has 0 fully saturated rings. The van der Waals surface area contributed by atoms with Crippen molar-refractivity contribution in [3.63, 3.8) is 0 Å². The van der Waals surface area contributed by atoms with E-state index < -0.39 is 27.4 Å². The molecule has 0 atom stereocenters. The van der Waals surface area contributed by atoms with E-state index in [0.29, 0.717) is 29.6 Å². The van der Waals surface area contributed by atoms with Gasteiger partial charge in [-0.25, -0.2) is 8.42 Å². The summed E-state index contributed by atoms with van der Waals surface area (Å²) >= 11 is 1.29. The molecule has 2 heterocycles. The molecule has 2 amide bonds. The number of thiophene rings is 1. The van der Waals surface area contributed by atoms with Gasteiger partial charge in [-0.1, -0.05) is 17.7 Å². The van der Waals surface area contributed by atoms with Crippen molar-refractivity contribution in [1.82, 2.24) is 4.90 Å². The van der Waals surface area contributed by atoms with Crippen LogP contribution in [0.5, 0.6) is 0 Å². The summed E-state index contributed by atoms with van der Waals surface area (Å²) in [6, 6.07) is 6.70. The van der Waals surface area contributed by atoms with E-state index in [2.05, 4.69) is 24.1 Å². The van der Waals surface area contributed by atoms with E-state index in [1.54, 1.807) is 12.1 Å². The lowest BCUT2D eigenvalue weighted by Gasteiger charge is -2.30. The second-order valence-electron chi connectivity index (χ2n) is 7.51. The van der Waals surface area contributed by atoms with Crippen molar-refractivity contribution in [1.29, 1.82) is 0 Å². The van der Waals surface area contributed by atoms with Crippen molar-refractivity contribution in [2.45, 2.75) is 44.7 Å². The zero-order valence-electron chi connectivity index (χ0n) is 16.7. The molecule has 0 radical (unpaired) electrons. The number of benzene rings is 1. The van der Waals surface area contributed by atoms with Crippen LogP contribution in [0.2, 0.25) is 0 Å².